The van der Waals surface area contributed by atoms with Crippen LogP contribution in [0.25, 0.3) is 11.1 Å². The number of methoxy groups -OCH3 is 1. The zero-order chi connectivity index (χ0) is 15.1. The Kier molecular flexibility index (Phi) is 5.78. The monoisotopic (exact) mass is 285 g/mol. The average molecular weight is 285 g/mol. The van der Waals surface area contributed by atoms with Gasteiger partial charge < -0.3 is 15.2 Å². The molecule has 21 heavy (non-hydrogen) atoms. The standard InChI is InChI=1S/C18H23NO2/c1-14(20)11-12-19-13-15-7-9-16(10-8-15)17-5-3-4-6-18(17)21-2/h3-10,14,19-20H,11-13H2,1-2H3. The highest BCUT2D eigenvalue weighted by atomic mass is 16.5. The first-order valence-corrected chi connectivity index (χ1v) is 7.32. The second-order valence-electron chi connectivity index (χ2n) is 5.21. The molecule has 1 unspecified atom stereocenters. The van der Waals surface area contributed by atoms with Gasteiger partial charge in [-0.05, 0) is 37.1 Å². The predicted octanol–water partition coefficient (Wildman–Crippen LogP) is 3.22. The van der Waals surface area contributed by atoms with Crippen molar-refractivity contribution in [2.24, 2.45) is 0 Å². The van der Waals surface area contributed by atoms with Gasteiger partial charge in [0.25, 0.3) is 0 Å². The summed E-state index contributed by atoms with van der Waals surface area (Å²) in [4.78, 5) is 0. The van der Waals surface area contributed by atoms with Gasteiger partial charge in [0.15, 0.2) is 0 Å². The first-order chi connectivity index (χ1) is 10.2. The fourth-order valence-corrected chi connectivity index (χ4v) is 2.23. The zero-order valence-electron chi connectivity index (χ0n) is 12.7. The third kappa shape index (κ3) is 4.59. The minimum absolute atomic E-state index is 0.245. The van der Waals surface area contributed by atoms with E-state index in [0.29, 0.717) is 0 Å². The lowest BCUT2D eigenvalue weighted by atomic mass is 10.0. The number of ether oxygens (including phenoxy) is 1. The van der Waals surface area contributed by atoms with Gasteiger partial charge in [-0.3, -0.25) is 0 Å². The Balaban J connectivity index is 1.98. The fourth-order valence-electron chi connectivity index (χ4n) is 2.23. The number of hydrogen-bond acceptors (Lipinski definition) is 3. The second kappa shape index (κ2) is 7.81. The molecule has 0 aliphatic rings. The Morgan fingerprint density at radius 1 is 1.10 bits per heavy atom. The molecule has 0 amide bonds. The van der Waals surface area contributed by atoms with Crippen molar-refractivity contribution in [1.82, 2.24) is 5.32 Å². The molecule has 0 bridgehead atoms. The van der Waals surface area contributed by atoms with Gasteiger partial charge in [0.2, 0.25) is 0 Å². The third-order valence-corrected chi connectivity index (χ3v) is 3.44. The maximum atomic E-state index is 9.21. The van der Waals surface area contributed by atoms with Crippen LogP contribution >= 0.6 is 0 Å². The lowest BCUT2D eigenvalue weighted by molar-refractivity contribution is 0.183. The Bertz CT molecular complexity index is 549. The number of benzene rings is 2. The first-order valence-electron chi connectivity index (χ1n) is 7.32. The summed E-state index contributed by atoms with van der Waals surface area (Å²) in [6.45, 7) is 3.45. The van der Waals surface area contributed by atoms with Crippen molar-refractivity contribution in [3.05, 3.63) is 54.1 Å². The number of nitrogens with one attached hydrogen (secondary N) is 1. The summed E-state index contributed by atoms with van der Waals surface area (Å²) in [6.07, 6.45) is 0.532. The molecule has 3 heteroatoms. The van der Waals surface area contributed by atoms with E-state index in [0.717, 1.165) is 36.4 Å². The number of hydrogen-bond donors (Lipinski definition) is 2. The fraction of sp³-hybridized carbons (Fsp3) is 0.333. The van der Waals surface area contributed by atoms with E-state index in [1.807, 2.05) is 25.1 Å². The van der Waals surface area contributed by atoms with E-state index in [2.05, 4.69) is 35.6 Å². The van der Waals surface area contributed by atoms with Gasteiger partial charge in [0.05, 0.1) is 13.2 Å². The molecule has 3 nitrogen and oxygen atoms in total. The Hall–Kier alpha value is -1.84. The lowest BCUT2D eigenvalue weighted by Gasteiger charge is -2.10. The molecule has 0 aromatic heterocycles. The van der Waals surface area contributed by atoms with Gasteiger partial charge in [0, 0.05) is 12.1 Å². The maximum Gasteiger partial charge on any atom is 0.126 e. The summed E-state index contributed by atoms with van der Waals surface area (Å²) in [6, 6.07) is 16.5. The van der Waals surface area contributed by atoms with Crippen LogP contribution in [0.4, 0.5) is 0 Å². The van der Waals surface area contributed by atoms with Crippen LogP contribution in [-0.2, 0) is 6.54 Å². The van der Waals surface area contributed by atoms with Crippen molar-refractivity contribution in [2.75, 3.05) is 13.7 Å². The van der Waals surface area contributed by atoms with Crippen molar-refractivity contribution in [2.45, 2.75) is 26.0 Å². The van der Waals surface area contributed by atoms with Crippen LogP contribution in [-0.4, -0.2) is 24.9 Å². The highest BCUT2D eigenvalue weighted by Crippen LogP contribution is 2.29. The van der Waals surface area contributed by atoms with Crippen molar-refractivity contribution in [3.8, 4) is 16.9 Å². The van der Waals surface area contributed by atoms with E-state index in [1.54, 1.807) is 7.11 Å². The van der Waals surface area contributed by atoms with Crippen LogP contribution in [0, 0.1) is 0 Å². The largest absolute Gasteiger partial charge is 0.496 e. The van der Waals surface area contributed by atoms with Gasteiger partial charge in [-0.1, -0.05) is 42.5 Å². The van der Waals surface area contributed by atoms with E-state index < -0.39 is 0 Å². The van der Waals surface area contributed by atoms with Crippen LogP contribution < -0.4 is 10.1 Å². The third-order valence-electron chi connectivity index (χ3n) is 3.44. The predicted molar refractivity (Wildman–Crippen MR) is 86.4 cm³/mol. The molecule has 0 heterocycles. The minimum Gasteiger partial charge on any atom is -0.496 e. The van der Waals surface area contributed by atoms with E-state index in [-0.39, 0.29) is 6.10 Å². The number of aliphatic hydroxyl groups is 1. The number of aliphatic hydroxyl groups excluding tert-OH is 1. The van der Waals surface area contributed by atoms with Crippen molar-refractivity contribution in [3.63, 3.8) is 0 Å². The van der Waals surface area contributed by atoms with E-state index in [4.69, 9.17) is 4.74 Å². The molecular weight excluding hydrogens is 262 g/mol. The van der Waals surface area contributed by atoms with Crippen molar-refractivity contribution in [1.29, 1.82) is 0 Å². The molecule has 0 radical (unpaired) electrons. The number of rotatable bonds is 7. The molecule has 2 aromatic rings. The van der Waals surface area contributed by atoms with E-state index in [9.17, 15) is 5.11 Å². The summed E-state index contributed by atoms with van der Waals surface area (Å²) in [5.41, 5.74) is 3.49. The van der Waals surface area contributed by atoms with Crippen molar-refractivity contribution >= 4 is 0 Å². The number of para-hydroxylation sites is 1. The Morgan fingerprint density at radius 2 is 1.81 bits per heavy atom. The molecule has 0 aliphatic heterocycles. The second-order valence-corrected chi connectivity index (χ2v) is 5.21. The zero-order valence-corrected chi connectivity index (χ0v) is 12.7. The summed E-state index contributed by atoms with van der Waals surface area (Å²) in [5.74, 6) is 0.889. The maximum absolute atomic E-state index is 9.21. The molecule has 112 valence electrons. The molecule has 1 atom stereocenters. The summed E-state index contributed by atoms with van der Waals surface area (Å²) < 4.78 is 5.40. The van der Waals surface area contributed by atoms with E-state index in [1.165, 1.54) is 5.56 Å². The minimum atomic E-state index is -0.245. The Morgan fingerprint density at radius 3 is 2.48 bits per heavy atom. The van der Waals surface area contributed by atoms with Crippen molar-refractivity contribution < 1.29 is 9.84 Å². The van der Waals surface area contributed by atoms with Crippen LogP contribution in [0.15, 0.2) is 48.5 Å². The highest BCUT2D eigenvalue weighted by molar-refractivity contribution is 5.70. The SMILES string of the molecule is COc1ccccc1-c1ccc(CNCCC(C)O)cc1. The average Bonchev–Trinajstić information content (AvgIpc) is 2.52. The molecule has 2 rings (SSSR count). The molecular formula is C18H23NO2. The molecule has 0 saturated heterocycles. The van der Waals surface area contributed by atoms with E-state index >= 15 is 0 Å². The molecule has 0 saturated carbocycles. The van der Waals surface area contributed by atoms with Crippen LogP contribution in [0.5, 0.6) is 5.75 Å². The topological polar surface area (TPSA) is 41.5 Å². The normalized spacial score (nSPS) is 12.1. The molecule has 0 fully saturated rings. The lowest BCUT2D eigenvalue weighted by Crippen LogP contribution is -2.18. The van der Waals surface area contributed by atoms with Crippen LogP contribution in [0.1, 0.15) is 18.9 Å². The van der Waals surface area contributed by atoms with Crippen LogP contribution in [0.3, 0.4) is 0 Å². The molecule has 2 N–H and O–H groups in total. The summed E-state index contributed by atoms with van der Waals surface area (Å²) >= 11 is 0. The Labute approximate surface area is 126 Å². The quantitative estimate of drug-likeness (QED) is 0.768. The summed E-state index contributed by atoms with van der Waals surface area (Å²) in [5, 5.41) is 12.5. The highest BCUT2D eigenvalue weighted by Gasteiger charge is 2.04. The van der Waals surface area contributed by atoms with Gasteiger partial charge >= 0.3 is 0 Å². The van der Waals surface area contributed by atoms with Crippen LogP contribution in [0.2, 0.25) is 0 Å². The van der Waals surface area contributed by atoms with Gasteiger partial charge in [-0.25, -0.2) is 0 Å². The van der Waals surface area contributed by atoms with Gasteiger partial charge in [-0.15, -0.1) is 0 Å². The van der Waals surface area contributed by atoms with Gasteiger partial charge in [0.1, 0.15) is 5.75 Å². The first kappa shape index (κ1) is 15.5. The smallest absolute Gasteiger partial charge is 0.126 e. The molecule has 2 aromatic carbocycles. The summed E-state index contributed by atoms with van der Waals surface area (Å²) in [7, 11) is 1.69. The molecule has 0 spiro atoms. The molecule has 0 aliphatic carbocycles. The van der Waals surface area contributed by atoms with Gasteiger partial charge in [-0.2, -0.15) is 0 Å².